The largest absolute Gasteiger partial charge is 0.478 e. The van der Waals surface area contributed by atoms with Crippen LogP contribution in [0.2, 0.25) is 0 Å². The Labute approximate surface area is 87.7 Å². The van der Waals surface area contributed by atoms with E-state index in [9.17, 15) is 9.59 Å². The summed E-state index contributed by atoms with van der Waals surface area (Å²) in [5.41, 5.74) is 0.156. The van der Waals surface area contributed by atoms with Crippen molar-refractivity contribution in [3.63, 3.8) is 0 Å². The van der Waals surface area contributed by atoms with Crippen LogP contribution in [0.3, 0.4) is 0 Å². The van der Waals surface area contributed by atoms with Crippen molar-refractivity contribution in [1.29, 1.82) is 0 Å². The molecule has 4 nitrogen and oxygen atoms in total. The van der Waals surface area contributed by atoms with E-state index in [0.29, 0.717) is 5.75 Å². The van der Waals surface area contributed by atoms with E-state index in [1.807, 2.05) is 0 Å². The fraction of sp³-hybridized carbons (Fsp3) is 0.333. The van der Waals surface area contributed by atoms with Crippen molar-refractivity contribution in [2.24, 2.45) is 0 Å². The molecule has 0 bridgehead atoms. The number of hydrogen-bond acceptors (Lipinski definition) is 4. The summed E-state index contributed by atoms with van der Waals surface area (Å²) in [5, 5.41) is 8.46. The van der Waals surface area contributed by atoms with Gasteiger partial charge in [-0.3, -0.25) is 0 Å². The molecule has 0 aliphatic carbocycles. The lowest BCUT2D eigenvalue weighted by Crippen LogP contribution is -2.02. The third-order valence-electron chi connectivity index (χ3n) is 1.25. The fourth-order valence-electron chi connectivity index (χ4n) is 0.537. The first kappa shape index (κ1) is 12.8. The summed E-state index contributed by atoms with van der Waals surface area (Å²) in [5.74, 6) is -1.06. The molecule has 0 saturated heterocycles. The first-order valence-corrected chi connectivity index (χ1v) is 4.57. The van der Waals surface area contributed by atoms with Gasteiger partial charge >= 0.3 is 11.9 Å². The molecule has 0 aliphatic heterocycles. The van der Waals surface area contributed by atoms with Crippen molar-refractivity contribution in [2.45, 2.75) is 6.92 Å². The van der Waals surface area contributed by atoms with Crippen LogP contribution in [-0.2, 0) is 14.3 Å². The van der Waals surface area contributed by atoms with Crippen molar-refractivity contribution in [3.8, 4) is 0 Å². The molecule has 0 aromatic heterocycles. The third kappa shape index (κ3) is 6.30. The van der Waals surface area contributed by atoms with Gasteiger partial charge in [0.1, 0.15) is 6.61 Å². The predicted octanol–water partition coefficient (Wildman–Crippen LogP) is 1.05. The number of hydrogen-bond donors (Lipinski definition) is 2. The molecule has 0 aromatic rings. The number of aliphatic carboxylic acids is 1. The van der Waals surface area contributed by atoms with E-state index in [1.54, 1.807) is 0 Å². The van der Waals surface area contributed by atoms with Gasteiger partial charge in [0, 0.05) is 17.4 Å². The molecule has 0 spiro atoms. The highest BCUT2D eigenvalue weighted by Gasteiger charge is 1.97. The van der Waals surface area contributed by atoms with E-state index in [2.05, 4.69) is 17.4 Å². The molecule has 0 amide bonds. The van der Waals surface area contributed by atoms with Crippen molar-refractivity contribution in [2.75, 3.05) is 12.4 Å². The van der Waals surface area contributed by atoms with Crippen LogP contribution in [0.15, 0.2) is 23.8 Å². The normalized spacial score (nSPS) is 11.7. The maximum Gasteiger partial charge on any atom is 0.331 e. The predicted molar refractivity (Wildman–Crippen MR) is 55.3 cm³/mol. The molecule has 0 radical (unpaired) electrons. The second-order valence-corrected chi connectivity index (χ2v) is 2.85. The molecule has 0 aromatic carbocycles. The van der Waals surface area contributed by atoms with Gasteiger partial charge in [-0.05, 0) is 6.92 Å². The van der Waals surface area contributed by atoms with Crippen molar-refractivity contribution < 1.29 is 19.4 Å². The van der Waals surface area contributed by atoms with Gasteiger partial charge in [0.15, 0.2) is 0 Å². The van der Waals surface area contributed by atoms with Crippen molar-refractivity contribution in [3.05, 3.63) is 23.8 Å². The lowest BCUT2D eigenvalue weighted by molar-refractivity contribution is -0.137. The molecule has 0 rings (SSSR count). The average Bonchev–Trinajstić information content (AvgIpc) is 2.14. The molecule has 0 heterocycles. The van der Waals surface area contributed by atoms with Crippen LogP contribution in [0.4, 0.5) is 0 Å². The summed E-state index contributed by atoms with van der Waals surface area (Å²) in [6.45, 7) is 1.68. The van der Waals surface area contributed by atoms with Gasteiger partial charge in [-0.15, -0.1) is 0 Å². The van der Waals surface area contributed by atoms with Gasteiger partial charge in [-0.1, -0.05) is 12.2 Å². The highest BCUT2D eigenvalue weighted by Crippen LogP contribution is 1.93. The number of ether oxygens (including phenoxy) is 1. The van der Waals surface area contributed by atoms with Crippen LogP contribution in [0, 0.1) is 0 Å². The number of carbonyl (C=O) groups excluding carboxylic acids is 1. The first-order chi connectivity index (χ1) is 6.57. The van der Waals surface area contributed by atoms with E-state index in [4.69, 9.17) is 5.11 Å². The van der Waals surface area contributed by atoms with Gasteiger partial charge in [-0.25, -0.2) is 9.59 Å². The topological polar surface area (TPSA) is 63.6 Å². The van der Waals surface area contributed by atoms with Crippen LogP contribution >= 0.6 is 12.6 Å². The lowest BCUT2D eigenvalue weighted by Gasteiger charge is -1.95. The summed E-state index contributed by atoms with van der Waals surface area (Å²) >= 11 is 3.85. The smallest absolute Gasteiger partial charge is 0.331 e. The molecular formula is C9H12O4S. The van der Waals surface area contributed by atoms with Gasteiger partial charge < -0.3 is 9.84 Å². The van der Waals surface area contributed by atoms with Crippen LogP contribution in [0.1, 0.15) is 6.92 Å². The minimum atomic E-state index is -1.02. The SMILES string of the molecule is CC(=CC=CC(=O)OCCS)C(=O)O. The minimum absolute atomic E-state index is 0.156. The van der Waals surface area contributed by atoms with Gasteiger partial charge in [-0.2, -0.15) is 12.6 Å². The summed E-state index contributed by atoms with van der Waals surface area (Å²) in [4.78, 5) is 21.2. The third-order valence-corrected chi connectivity index (χ3v) is 1.43. The zero-order chi connectivity index (χ0) is 11.0. The number of carbonyl (C=O) groups is 2. The summed E-state index contributed by atoms with van der Waals surface area (Å²) in [7, 11) is 0. The molecular weight excluding hydrogens is 204 g/mol. The van der Waals surface area contributed by atoms with Crippen molar-refractivity contribution >= 4 is 24.6 Å². The maximum absolute atomic E-state index is 10.8. The van der Waals surface area contributed by atoms with E-state index < -0.39 is 11.9 Å². The Hall–Kier alpha value is -1.23. The van der Waals surface area contributed by atoms with Gasteiger partial charge in [0.2, 0.25) is 0 Å². The Bertz CT molecular complexity index is 268. The standard InChI is InChI=1S/C9H12O4S/c1-7(9(11)12)3-2-4-8(10)13-5-6-14/h2-4,14H,5-6H2,1H3,(H,11,12). The van der Waals surface area contributed by atoms with E-state index in [1.165, 1.54) is 19.1 Å². The number of allylic oxidation sites excluding steroid dienone is 2. The molecule has 1 N–H and O–H groups in total. The highest BCUT2D eigenvalue weighted by molar-refractivity contribution is 7.80. The van der Waals surface area contributed by atoms with Gasteiger partial charge in [0.25, 0.3) is 0 Å². The monoisotopic (exact) mass is 216 g/mol. The quantitative estimate of drug-likeness (QED) is 0.312. The van der Waals surface area contributed by atoms with Crippen LogP contribution < -0.4 is 0 Å². The fourth-order valence-corrected chi connectivity index (χ4v) is 0.628. The zero-order valence-electron chi connectivity index (χ0n) is 7.77. The van der Waals surface area contributed by atoms with Gasteiger partial charge in [0.05, 0.1) is 0 Å². The molecule has 0 atom stereocenters. The van der Waals surface area contributed by atoms with Crippen LogP contribution in [-0.4, -0.2) is 29.4 Å². The zero-order valence-corrected chi connectivity index (χ0v) is 8.66. The van der Waals surface area contributed by atoms with E-state index in [0.717, 1.165) is 6.08 Å². The number of carboxylic acids is 1. The molecule has 5 heteroatoms. The van der Waals surface area contributed by atoms with Crippen molar-refractivity contribution in [1.82, 2.24) is 0 Å². The number of carboxylic acid groups (broad SMARTS) is 1. The Morgan fingerprint density at radius 2 is 2.14 bits per heavy atom. The maximum atomic E-state index is 10.8. The molecule has 0 saturated carbocycles. The second-order valence-electron chi connectivity index (χ2n) is 2.41. The highest BCUT2D eigenvalue weighted by atomic mass is 32.1. The number of thiol groups is 1. The van der Waals surface area contributed by atoms with Crippen LogP contribution in [0.5, 0.6) is 0 Å². The average molecular weight is 216 g/mol. The second kappa shape index (κ2) is 7.20. The summed E-state index contributed by atoms with van der Waals surface area (Å²) in [6.07, 6.45) is 3.82. The summed E-state index contributed by atoms with van der Waals surface area (Å²) in [6, 6.07) is 0. The number of rotatable bonds is 5. The summed E-state index contributed by atoms with van der Waals surface area (Å²) < 4.78 is 4.65. The molecule has 14 heavy (non-hydrogen) atoms. The Morgan fingerprint density at radius 3 is 2.64 bits per heavy atom. The molecule has 78 valence electrons. The number of esters is 1. The Kier molecular flexibility index (Phi) is 6.57. The molecule has 0 fully saturated rings. The molecule has 0 aliphatic rings. The molecule has 0 unspecified atom stereocenters. The van der Waals surface area contributed by atoms with E-state index >= 15 is 0 Å². The minimum Gasteiger partial charge on any atom is -0.478 e. The Balaban J connectivity index is 3.99. The lowest BCUT2D eigenvalue weighted by atomic mass is 10.3. The van der Waals surface area contributed by atoms with E-state index in [-0.39, 0.29) is 12.2 Å². The van der Waals surface area contributed by atoms with Crippen LogP contribution in [0.25, 0.3) is 0 Å². The Morgan fingerprint density at radius 1 is 1.50 bits per heavy atom. The first-order valence-electron chi connectivity index (χ1n) is 3.93.